The van der Waals surface area contributed by atoms with Gasteiger partial charge in [-0.2, -0.15) is 0 Å². The molecule has 4 saturated carbocycles. The average Bonchev–Trinajstić information content (AvgIpc) is 3.05. The number of imidazole rings is 1. The molecule has 0 aliphatic heterocycles. The van der Waals surface area contributed by atoms with Crippen LogP contribution in [0.15, 0.2) is 24.4 Å². The average molecular weight is 446 g/mol. The van der Waals surface area contributed by atoms with E-state index in [0.717, 1.165) is 17.8 Å². The lowest BCUT2D eigenvalue weighted by atomic mass is 9.49. The predicted octanol–water partition coefficient (Wildman–Crippen LogP) is 2.28. The van der Waals surface area contributed by atoms with Crippen LogP contribution in [0, 0.1) is 23.2 Å². The van der Waals surface area contributed by atoms with Crippen molar-refractivity contribution in [3.05, 3.63) is 35.8 Å². The van der Waals surface area contributed by atoms with E-state index >= 15 is 0 Å². The Morgan fingerprint density at radius 1 is 1.13 bits per heavy atom. The molecule has 0 atom stereocenters. The Hall–Kier alpha value is -2.42. The molecule has 166 valence electrons. The van der Waals surface area contributed by atoms with E-state index in [4.69, 9.17) is 5.11 Å². The van der Waals surface area contributed by atoms with Crippen molar-refractivity contribution in [2.75, 3.05) is 12.3 Å². The molecule has 0 aromatic carbocycles. The van der Waals surface area contributed by atoms with Gasteiger partial charge in [0.25, 0.3) is 5.91 Å². The van der Waals surface area contributed by atoms with Gasteiger partial charge in [0, 0.05) is 12.7 Å². The molecule has 4 fully saturated rings. The van der Waals surface area contributed by atoms with Crippen molar-refractivity contribution in [3.8, 4) is 0 Å². The van der Waals surface area contributed by atoms with E-state index in [1.54, 1.807) is 22.6 Å². The van der Waals surface area contributed by atoms with E-state index in [2.05, 4.69) is 10.3 Å². The number of aliphatic carboxylic acids is 1. The summed E-state index contributed by atoms with van der Waals surface area (Å²) in [5.74, 6) is -0.567. The van der Waals surface area contributed by atoms with Crippen molar-refractivity contribution >= 4 is 27.4 Å². The Labute approximate surface area is 181 Å². The molecule has 31 heavy (non-hydrogen) atoms. The third-order valence-corrected chi connectivity index (χ3v) is 8.70. The Morgan fingerprint density at radius 3 is 2.39 bits per heavy atom. The van der Waals surface area contributed by atoms with Gasteiger partial charge in [-0.05, 0) is 73.8 Å². The number of nitrogens with zero attached hydrogens (tertiary/aromatic N) is 2. The number of hydrogen-bond donors (Lipinski definition) is 2. The fourth-order valence-corrected chi connectivity index (χ4v) is 7.71. The molecule has 2 heterocycles. The van der Waals surface area contributed by atoms with E-state index < -0.39 is 27.3 Å². The number of nitrogens with one attached hydrogen (secondary N) is 1. The van der Waals surface area contributed by atoms with Crippen LogP contribution in [-0.4, -0.2) is 47.1 Å². The quantitative estimate of drug-likeness (QED) is 0.675. The first kappa shape index (κ1) is 20.5. The molecular weight excluding hydrogens is 418 g/mol. The zero-order valence-electron chi connectivity index (χ0n) is 17.3. The smallest absolute Gasteiger partial charge is 0.318 e. The summed E-state index contributed by atoms with van der Waals surface area (Å²) in [4.78, 5) is 28.1. The number of pyridine rings is 1. The minimum Gasteiger partial charge on any atom is -0.480 e. The number of fused-ring (bicyclic) bond motifs is 1. The van der Waals surface area contributed by atoms with Gasteiger partial charge in [-0.1, -0.05) is 6.07 Å². The lowest BCUT2D eigenvalue weighted by Gasteiger charge is -2.56. The van der Waals surface area contributed by atoms with E-state index in [1.165, 1.54) is 44.7 Å². The van der Waals surface area contributed by atoms with Crippen molar-refractivity contribution in [2.45, 2.75) is 44.3 Å². The third kappa shape index (κ3) is 4.07. The molecular formula is C22H27N3O5S. The number of sulfone groups is 1. The predicted molar refractivity (Wildman–Crippen MR) is 113 cm³/mol. The van der Waals surface area contributed by atoms with Crippen LogP contribution in [0.25, 0.3) is 5.65 Å². The van der Waals surface area contributed by atoms with Crippen molar-refractivity contribution in [1.82, 2.24) is 14.7 Å². The van der Waals surface area contributed by atoms with E-state index in [9.17, 15) is 18.0 Å². The molecule has 4 bridgehead atoms. The molecule has 9 heteroatoms. The number of carbonyl (C=O) groups excluding carboxylic acids is 1. The Balaban J connectivity index is 1.32. The molecule has 0 radical (unpaired) electrons. The highest BCUT2D eigenvalue weighted by Crippen LogP contribution is 2.59. The molecule has 6 rings (SSSR count). The zero-order valence-corrected chi connectivity index (χ0v) is 18.1. The van der Waals surface area contributed by atoms with Crippen molar-refractivity contribution in [2.24, 2.45) is 23.2 Å². The molecule has 0 unspecified atom stereocenters. The fourth-order valence-electron chi connectivity index (χ4n) is 6.65. The molecule has 2 N–H and O–H groups in total. The van der Waals surface area contributed by atoms with Crippen LogP contribution in [0.3, 0.4) is 0 Å². The monoisotopic (exact) mass is 445 g/mol. The van der Waals surface area contributed by atoms with Crippen LogP contribution in [0.4, 0.5) is 0 Å². The highest BCUT2D eigenvalue weighted by atomic mass is 32.2. The summed E-state index contributed by atoms with van der Waals surface area (Å²) in [5.41, 5.74) is 1.31. The van der Waals surface area contributed by atoms with Crippen LogP contribution in [0.5, 0.6) is 0 Å². The number of amides is 1. The van der Waals surface area contributed by atoms with E-state index in [-0.39, 0.29) is 17.0 Å². The maximum Gasteiger partial charge on any atom is 0.318 e. The summed E-state index contributed by atoms with van der Waals surface area (Å²) < 4.78 is 25.6. The van der Waals surface area contributed by atoms with Gasteiger partial charge in [0.15, 0.2) is 9.84 Å². The number of aromatic nitrogens is 2. The molecule has 2 aromatic rings. The standard InChI is InChI=1S/C22H27N3O5S/c26-20(27)12-31(29,30)11-17-10-25-18(2-1-3-19(25)24-17)21(28)23-13-22-7-14-4-15(8-22)6-16(5-14)9-22/h1-3,10,14-16H,4-9,11-13H2,(H,23,28)(H,26,27). The fraction of sp³-hybridized carbons (Fsp3) is 0.591. The maximum absolute atomic E-state index is 13.0. The SMILES string of the molecule is O=C(O)CS(=O)(=O)Cc1cn2c(C(=O)NCC34CC5CC(CC(C5)C3)C4)cccc2n1. The van der Waals surface area contributed by atoms with Crippen LogP contribution < -0.4 is 5.32 Å². The van der Waals surface area contributed by atoms with Crippen molar-refractivity contribution in [3.63, 3.8) is 0 Å². The van der Waals surface area contributed by atoms with Crippen LogP contribution in [-0.2, 0) is 20.4 Å². The van der Waals surface area contributed by atoms with Gasteiger partial charge in [-0.15, -0.1) is 0 Å². The van der Waals surface area contributed by atoms with E-state index in [1.807, 2.05) is 0 Å². The first-order valence-electron chi connectivity index (χ1n) is 10.9. The lowest BCUT2D eigenvalue weighted by molar-refractivity contribution is -0.134. The van der Waals surface area contributed by atoms with Crippen LogP contribution >= 0.6 is 0 Å². The van der Waals surface area contributed by atoms with Crippen molar-refractivity contribution in [1.29, 1.82) is 0 Å². The number of hydrogen-bond acceptors (Lipinski definition) is 5. The maximum atomic E-state index is 13.0. The van der Waals surface area contributed by atoms with Gasteiger partial charge < -0.3 is 10.4 Å². The second-order valence-electron chi connectivity index (χ2n) is 9.90. The second-order valence-corrected chi connectivity index (χ2v) is 12.0. The lowest BCUT2D eigenvalue weighted by Crippen LogP contribution is -2.51. The molecule has 0 saturated heterocycles. The van der Waals surface area contributed by atoms with Gasteiger partial charge in [0.05, 0.1) is 11.4 Å². The summed E-state index contributed by atoms with van der Waals surface area (Å²) in [6, 6.07) is 5.11. The minimum atomic E-state index is -3.83. The van der Waals surface area contributed by atoms with Gasteiger partial charge in [-0.25, -0.2) is 13.4 Å². The van der Waals surface area contributed by atoms with Crippen LogP contribution in [0.2, 0.25) is 0 Å². The first-order chi connectivity index (χ1) is 14.7. The summed E-state index contributed by atoms with van der Waals surface area (Å²) in [6.45, 7) is 0.681. The highest BCUT2D eigenvalue weighted by molar-refractivity contribution is 7.91. The second kappa shape index (κ2) is 7.32. The molecule has 8 nitrogen and oxygen atoms in total. The molecule has 4 aliphatic rings. The van der Waals surface area contributed by atoms with Crippen molar-refractivity contribution < 1.29 is 23.1 Å². The number of rotatable bonds is 7. The summed E-state index contributed by atoms with van der Waals surface area (Å²) in [5, 5.41) is 11.9. The Bertz CT molecular complexity index is 1120. The topological polar surface area (TPSA) is 118 Å². The Kier molecular flexibility index (Phi) is 4.84. The summed E-state index contributed by atoms with van der Waals surface area (Å²) >= 11 is 0. The molecule has 4 aliphatic carbocycles. The largest absolute Gasteiger partial charge is 0.480 e. The minimum absolute atomic E-state index is 0.196. The molecule has 0 spiro atoms. The van der Waals surface area contributed by atoms with Gasteiger partial charge in [-0.3, -0.25) is 14.0 Å². The normalized spacial score (nSPS) is 29.4. The van der Waals surface area contributed by atoms with E-state index in [0.29, 0.717) is 17.9 Å². The molecule has 1 amide bonds. The first-order valence-corrected chi connectivity index (χ1v) is 12.7. The number of carboxylic acids is 1. The zero-order chi connectivity index (χ0) is 21.8. The van der Waals surface area contributed by atoms with Crippen LogP contribution in [0.1, 0.15) is 54.7 Å². The highest BCUT2D eigenvalue weighted by Gasteiger charge is 2.50. The summed E-state index contributed by atoms with van der Waals surface area (Å²) in [6.07, 6.45) is 9.20. The summed E-state index contributed by atoms with van der Waals surface area (Å²) in [7, 11) is -3.83. The van der Waals surface area contributed by atoms with Gasteiger partial charge >= 0.3 is 5.97 Å². The number of carboxylic acid groups (broad SMARTS) is 1. The number of carbonyl (C=O) groups is 2. The Morgan fingerprint density at radius 2 is 1.77 bits per heavy atom. The van der Waals surface area contributed by atoms with Gasteiger partial charge in [0.1, 0.15) is 17.1 Å². The molecule has 2 aromatic heterocycles. The van der Waals surface area contributed by atoms with Gasteiger partial charge in [0.2, 0.25) is 0 Å². The third-order valence-electron chi connectivity index (χ3n) is 7.27.